The lowest BCUT2D eigenvalue weighted by molar-refractivity contribution is 1.42. The quantitative estimate of drug-likeness (QED) is 0.569. The maximum Gasteiger partial charge on any atom is 0.0606 e. The number of rotatable bonds is 3. The molecule has 1 aromatic carbocycles. The van der Waals surface area contributed by atoms with E-state index in [0.29, 0.717) is 0 Å². The highest BCUT2D eigenvalue weighted by Crippen LogP contribution is 2.27. The Hall–Kier alpha value is -1.48. The number of anilines is 1. The minimum Gasteiger partial charge on any atom is -0.289 e. The van der Waals surface area contributed by atoms with Crippen LogP contribution in [0.25, 0.3) is 0 Å². The maximum absolute atomic E-state index is 4.18. The van der Waals surface area contributed by atoms with Crippen LogP contribution in [0.3, 0.4) is 0 Å². The van der Waals surface area contributed by atoms with Gasteiger partial charge in [-0.15, -0.1) is 6.58 Å². The molecule has 76 valence electrons. The summed E-state index contributed by atoms with van der Waals surface area (Å²) in [5.41, 5.74) is 2.31. The first-order valence-corrected chi connectivity index (χ1v) is 5.68. The fourth-order valence-corrected chi connectivity index (χ4v) is 2.06. The van der Waals surface area contributed by atoms with Crippen molar-refractivity contribution in [1.82, 2.24) is 0 Å². The molecule has 2 rings (SSSR count). The second-order valence-corrected chi connectivity index (χ2v) is 4.03. The van der Waals surface area contributed by atoms with Crippen LogP contribution in [0.5, 0.6) is 0 Å². The highest BCUT2D eigenvalue weighted by molar-refractivity contribution is 8.00. The van der Waals surface area contributed by atoms with Crippen LogP contribution in [0.2, 0.25) is 0 Å². The molecule has 3 heteroatoms. The van der Waals surface area contributed by atoms with Gasteiger partial charge in [0.1, 0.15) is 0 Å². The molecule has 0 atom stereocenters. The monoisotopic (exact) mass is 216 g/mol. The van der Waals surface area contributed by atoms with Crippen molar-refractivity contribution in [2.24, 2.45) is 4.99 Å². The van der Waals surface area contributed by atoms with Gasteiger partial charge in [-0.2, -0.15) is 0 Å². The molecule has 0 saturated carbocycles. The fraction of sp³-hybridized carbons (Fsp3) is 0.0833. The first-order valence-electron chi connectivity index (χ1n) is 4.74. The smallest absolute Gasteiger partial charge is 0.0606 e. The van der Waals surface area contributed by atoms with E-state index in [9.17, 15) is 0 Å². The molecule has 1 aromatic rings. The van der Waals surface area contributed by atoms with Crippen LogP contribution in [0, 0.1) is 0 Å². The Morgan fingerprint density at radius 1 is 1.40 bits per heavy atom. The summed E-state index contributed by atoms with van der Waals surface area (Å²) in [5.74, 6) is 0.888. The van der Waals surface area contributed by atoms with Crippen LogP contribution in [0.1, 0.15) is 5.56 Å². The molecule has 0 radical (unpaired) electrons. The van der Waals surface area contributed by atoms with Gasteiger partial charge in [-0.05, 0) is 18.0 Å². The number of hydrogen-bond acceptors (Lipinski definition) is 3. The van der Waals surface area contributed by atoms with Gasteiger partial charge >= 0.3 is 0 Å². The third-order valence-electron chi connectivity index (χ3n) is 2.01. The number of fused-ring (bicyclic) bond motifs is 1. The molecule has 0 saturated heterocycles. The zero-order chi connectivity index (χ0) is 10.5. The molecule has 0 bridgehead atoms. The van der Waals surface area contributed by atoms with Gasteiger partial charge < -0.3 is 0 Å². The molecule has 0 amide bonds. The van der Waals surface area contributed by atoms with Crippen LogP contribution in [0.4, 0.5) is 5.69 Å². The standard InChI is InChI=1S/C12H12N2S/c1-2-9-15-14-8-7-13-10-11-5-3-4-6-12(11)14/h2-8,10H,1,9H2. The lowest BCUT2D eigenvalue weighted by atomic mass is 10.2. The highest BCUT2D eigenvalue weighted by atomic mass is 32.2. The minimum absolute atomic E-state index is 0.888. The zero-order valence-electron chi connectivity index (χ0n) is 8.34. The van der Waals surface area contributed by atoms with Crippen molar-refractivity contribution in [3.63, 3.8) is 0 Å². The van der Waals surface area contributed by atoms with E-state index in [1.54, 1.807) is 18.1 Å². The van der Waals surface area contributed by atoms with E-state index in [0.717, 1.165) is 11.3 Å². The Bertz CT molecular complexity index is 410. The number of benzene rings is 1. The predicted molar refractivity (Wildman–Crippen MR) is 68.3 cm³/mol. The van der Waals surface area contributed by atoms with E-state index < -0.39 is 0 Å². The molecule has 0 aliphatic carbocycles. The van der Waals surface area contributed by atoms with Crippen molar-refractivity contribution in [2.45, 2.75) is 0 Å². The molecule has 0 spiro atoms. The largest absolute Gasteiger partial charge is 0.289 e. The van der Waals surface area contributed by atoms with Crippen LogP contribution < -0.4 is 4.31 Å². The van der Waals surface area contributed by atoms with E-state index >= 15 is 0 Å². The molecule has 1 aliphatic heterocycles. The lowest BCUT2D eigenvalue weighted by Crippen LogP contribution is -2.07. The Balaban J connectivity index is 2.30. The Morgan fingerprint density at radius 3 is 3.13 bits per heavy atom. The summed E-state index contributed by atoms with van der Waals surface area (Å²) in [6, 6.07) is 8.21. The number of aliphatic imine (C=N–C) groups is 1. The summed E-state index contributed by atoms with van der Waals surface area (Å²) in [6.45, 7) is 3.72. The normalized spacial score (nSPS) is 13.5. The van der Waals surface area contributed by atoms with Crippen LogP contribution in [-0.2, 0) is 0 Å². The first-order chi connectivity index (χ1) is 7.42. The average molecular weight is 216 g/mol. The molecule has 2 nitrogen and oxygen atoms in total. The third-order valence-corrected chi connectivity index (χ3v) is 2.99. The summed E-state index contributed by atoms with van der Waals surface area (Å²) in [4.78, 5) is 4.18. The number of para-hydroxylation sites is 1. The summed E-state index contributed by atoms with van der Waals surface area (Å²) in [5, 5.41) is 0. The van der Waals surface area contributed by atoms with Crippen molar-refractivity contribution in [2.75, 3.05) is 10.1 Å². The predicted octanol–water partition coefficient (Wildman–Crippen LogP) is 3.23. The van der Waals surface area contributed by atoms with Gasteiger partial charge in [0.05, 0.1) is 5.69 Å². The summed E-state index contributed by atoms with van der Waals surface area (Å²) in [7, 11) is 0. The lowest BCUT2D eigenvalue weighted by Gasteiger charge is -2.18. The van der Waals surface area contributed by atoms with Gasteiger partial charge in [0.2, 0.25) is 0 Å². The molecule has 1 heterocycles. The molecule has 15 heavy (non-hydrogen) atoms. The molecule has 0 fully saturated rings. The van der Waals surface area contributed by atoms with Crippen molar-refractivity contribution in [3.05, 3.63) is 54.9 Å². The summed E-state index contributed by atoms with van der Waals surface area (Å²) >= 11 is 1.70. The van der Waals surface area contributed by atoms with Crippen molar-refractivity contribution in [1.29, 1.82) is 0 Å². The van der Waals surface area contributed by atoms with Gasteiger partial charge in [-0.1, -0.05) is 24.3 Å². The van der Waals surface area contributed by atoms with Crippen molar-refractivity contribution >= 4 is 23.8 Å². The van der Waals surface area contributed by atoms with Gasteiger partial charge in [0.25, 0.3) is 0 Å². The van der Waals surface area contributed by atoms with Crippen LogP contribution in [0.15, 0.2) is 54.3 Å². The third kappa shape index (κ3) is 2.30. The van der Waals surface area contributed by atoms with E-state index in [1.165, 1.54) is 5.69 Å². The molecular formula is C12H12N2S. The topological polar surface area (TPSA) is 15.6 Å². The van der Waals surface area contributed by atoms with Gasteiger partial charge in [-0.25, -0.2) is 0 Å². The Morgan fingerprint density at radius 2 is 2.27 bits per heavy atom. The average Bonchev–Trinajstić information content (AvgIpc) is 2.49. The second-order valence-electron chi connectivity index (χ2n) is 3.05. The van der Waals surface area contributed by atoms with Gasteiger partial charge in [0, 0.05) is 29.9 Å². The maximum atomic E-state index is 4.18. The minimum atomic E-state index is 0.888. The molecular weight excluding hydrogens is 204 g/mol. The first kappa shape index (κ1) is 10.1. The fourth-order valence-electron chi connectivity index (χ4n) is 1.35. The molecule has 0 N–H and O–H groups in total. The SMILES string of the molecule is C=CCSN1C=CN=Cc2ccccc21. The second kappa shape index (κ2) is 4.84. The van der Waals surface area contributed by atoms with Crippen molar-refractivity contribution < 1.29 is 0 Å². The van der Waals surface area contributed by atoms with Gasteiger partial charge in [0.15, 0.2) is 0 Å². The molecule has 1 aliphatic rings. The van der Waals surface area contributed by atoms with E-state index in [1.807, 2.05) is 30.6 Å². The molecule has 0 aromatic heterocycles. The van der Waals surface area contributed by atoms with Gasteiger partial charge in [-0.3, -0.25) is 9.30 Å². The Kier molecular flexibility index (Phi) is 3.25. The number of hydrogen-bond donors (Lipinski definition) is 0. The van der Waals surface area contributed by atoms with Crippen LogP contribution in [-0.4, -0.2) is 12.0 Å². The Labute approximate surface area is 94.1 Å². The highest BCUT2D eigenvalue weighted by Gasteiger charge is 2.08. The summed E-state index contributed by atoms with van der Waals surface area (Å²) < 4.78 is 2.12. The summed E-state index contributed by atoms with van der Waals surface area (Å²) in [6.07, 6.45) is 7.54. The van der Waals surface area contributed by atoms with E-state index in [4.69, 9.17) is 0 Å². The number of nitrogens with zero attached hydrogens (tertiary/aromatic N) is 2. The van der Waals surface area contributed by atoms with Crippen LogP contribution >= 0.6 is 11.9 Å². The van der Waals surface area contributed by atoms with E-state index in [2.05, 4.69) is 28.0 Å². The van der Waals surface area contributed by atoms with Crippen molar-refractivity contribution in [3.8, 4) is 0 Å². The van der Waals surface area contributed by atoms with E-state index in [-0.39, 0.29) is 0 Å². The molecule has 0 unspecified atom stereocenters. The zero-order valence-corrected chi connectivity index (χ0v) is 9.15.